The highest BCUT2D eigenvalue weighted by Crippen LogP contribution is 2.31. The Balaban J connectivity index is 2.12. The smallest absolute Gasteiger partial charge is 0.268 e. The SMILES string of the molecule is CCC(=C1C=Cc2ccccc2N1)c1c(O)c(=O)c1=O. The van der Waals surface area contributed by atoms with E-state index in [4.69, 9.17) is 0 Å². The van der Waals surface area contributed by atoms with Crippen molar-refractivity contribution in [2.24, 2.45) is 0 Å². The highest BCUT2D eigenvalue weighted by Gasteiger charge is 2.25. The first-order valence-corrected chi connectivity index (χ1v) is 6.43. The quantitative estimate of drug-likeness (QED) is 0.819. The molecule has 20 heavy (non-hydrogen) atoms. The van der Waals surface area contributed by atoms with Gasteiger partial charge in [0, 0.05) is 11.4 Å². The number of para-hydroxylation sites is 1. The van der Waals surface area contributed by atoms with Gasteiger partial charge >= 0.3 is 0 Å². The summed E-state index contributed by atoms with van der Waals surface area (Å²) >= 11 is 0. The predicted octanol–water partition coefficient (Wildman–Crippen LogP) is 2.25. The minimum Gasteiger partial charge on any atom is -0.503 e. The zero-order valence-electron chi connectivity index (χ0n) is 10.9. The molecule has 0 spiro atoms. The van der Waals surface area contributed by atoms with Gasteiger partial charge in [-0.3, -0.25) is 9.59 Å². The van der Waals surface area contributed by atoms with Crippen LogP contribution in [0.25, 0.3) is 11.6 Å². The Hall–Kier alpha value is -2.62. The molecule has 2 N–H and O–H groups in total. The normalized spacial score (nSPS) is 15.8. The van der Waals surface area contributed by atoms with E-state index in [0.29, 0.717) is 12.0 Å². The minimum absolute atomic E-state index is 0.143. The fourth-order valence-corrected chi connectivity index (χ4v) is 2.45. The molecule has 0 fully saturated rings. The van der Waals surface area contributed by atoms with E-state index in [9.17, 15) is 14.7 Å². The molecule has 2 aromatic carbocycles. The average Bonchev–Trinajstić information content (AvgIpc) is 2.51. The Morgan fingerprint density at radius 3 is 2.60 bits per heavy atom. The molecule has 0 atom stereocenters. The van der Waals surface area contributed by atoms with Gasteiger partial charge in [-0.2, -0.15) is 0 Å². The fraction of sp³-hybridized carbons (Fsp3) is 0.125. The lowest BCUT2D eigenvalue weighted by Crippen LogP contribution is -2.34. The summed E-state index contributed by atoms with van der Waals surface area (Å²) in [4.78, 5) is 22.8. The van der Waals surface area contributed by atoms with Crippen LogP contribution in [-0.4, -0.2) is 5.11 Å². The summed E-state index contributed by atoms with van der Waals surface area (Å²) in [7, 11) is 0. The van der Waals surface area contributed by atoms with E-state index in [0.717, 1.165) is 16.9 Å². The van der Waals surface area contributed by atoms with Crippen LogP contribution in [0.15, 0.2) is 45.6 Å². The number of rotatable bonds is 2. The van der Waals surface area contributed by atoms with Crippen LogP contribution >= 0.6 is 0 Å². The van der Waals surface area contributed by atoms with Crippen LogP contribution in [-0.2, 0) is 0 Å². The lowest BCUT2D eigenvalue weighted by Gasteiger charge is -2.20. The second-order valence-electron chi connectivity index (χ2n) is 4.67. The van der Waals surface area contributed by atoms with Crippen molar-refractivity contribution < 1.29 is 5.11 Å². The monoisotopic (exact) mass is 267 g/mol. The summed E-state index contributed by atoms with van der Waals surface area (Å²) in [6.07, 6.45) is 4.35. The molecule has 0 amide bonds. The number of benzene rings is 1. The van der Waals surface area contributed by atoms with Crippen LogP contribution in [0.1, 0.15) is 24.5 Å². The second kappa shape index (κ2) is 4.49. The first-order chi connectivity index (χ1) is 9.63. The molecule has 0 bridgehead atoms. The maximum Gasteiger partial charge on any atom is 0.268 e. The number of fused-ring (bicyclic) bond motifs is 1. The van der Waals surface area contributed by atoms with Crippen molar-refractivity contribution in [2.45, 2.75) is 13.3 Å². The molecule has 2 aromatic rings. The van der Waals surface area contributed by atoms with Gasteiger partial charge in [0.1, 0.15) is 0 Å². The van der Waals surface area contributed by atoms with Crippen LogP contribution in [0.5, 0.6) is 5.75 Å². The third-order valence-electron chi connectivity index (χ3n) is 3.53. The topological polar surface area (TPSA) is 66.4 Å². The van der Waals surface area contributed by atoms with Crippen molar-refractivity contribution in [3.05, 3.63) is 67.6 Å². The van der Waals surface area contributed by atoms with E-state index in [2.05, 4.69) is 5.32 Å². The molecule has 0 saturated carbocycles. The van der Waals surface area contributed by atoms with Crippen LogP contribution < -0.4 is 16.2 Å². The molecule has 0 radical (unpaired) electrons. The number of hydrogen-bond donors (Lipinski definition) is 2. The van der Waals surface area contributed by atoms with Gasteiger partial charge in [-0.15, -0.1) is 0 Å². The summed E-state index contributed by atoms with van der Waals surface area (Å²) < 4.78 is 0. The van der Waals surface area contributed by atoms with Gasteiger partial charge in [0.05, 0.1) is 5.56 Å². The molecule has 0 aromatic heterocycles. The molecule has 0 saturated heterocycles. The molecular formula is C16H13NO3. The van der Waals surface area contributed by atoms with Crippen LogP contribution in [0.2, 0.25) is 0 Å². The molecular weight excluding hydrogens is 254 g/mol. The van der Waals surface area contributed by atoms with Crippen LogP contribution in [0.3, 0.4) is 0 Å². The van der Waals surface area contributed by atoms with Crippen molar-refractivity contribution in [1.29, 1.82) is 0 Å². The number of anilines is 1. The molecule has 1 aliphatic heterocycles. The van der Waals surface area contributed by atoms with Gasteiger partial charge in [-0.05, 0) is 29.7 Å². The van der Waals surface area contributed by atoms with E-state index < -0.39 is 16.6 Å². The summed E-state index contributed by atoms with van der Waals surface area (Å²) in [5, 5.41) is 12.8. The van der Waals surface area contributed by atoms with E-state index in [1.807, 2.05) is 43.3 Å². The molecule has 4 heteroatoms. The zero-order chi connectivity index (χ0) is 14.3. The van der Waals surface area contributed by atoms with Crippen molar-refractivity contribution in [2.75, 3.05) is 5.32 Å². The highest BCUT2D eigenvalue weighted by molar-refractivity contribution is 5.84. The number of aromatic hydroxyl groups is 1. The number of hydrogen-bond acceptors (Lipinski definition) is 4. The molecule has 0 aliphatic carbocycles. The van der Waals surface area contributed by atoms with Gasteiger partial charge in [0.2, 0.25) is 5.43 Å². The highest BCUT2D eigenvalue weighted by atomic mass is 16.3. The van der Waals surface area contributed by atoms with Gasteiger partial charge in [0.25, 0.3) is 5.43 Å². The zero-order valence-corrected chi connectivity index (χ0v) is 10.9. The third-order valence-corrected chi connectivity index (χ3v) is 3.53. The Kier molecular flexibility index (Phi) is 2.79. The van der Waals surface area contributed by atoms with Crippen LogP contribution in [0.4, 0.5) is 5.69 Å². The number of nitrogens with one attached hydrogen (secondary N) is 1. The molecule has 1 heterocycles. The Morgan fingerprint density at radius 2 is 1.90 bits per heavy atom. The average molecular weight is 267 g/mol. The molecule has 1 aliphatic rings. The van der Waals surface area contributed by atoms with Gasteiger partial charge < -0.3 is 10.4 Å². The second-order valence-corrected chi connectivity index (χ2v) is 4.67. The Morgan fingerprint density at radius 1 is 1.15 bits per heavy atom. The number of allylic oxidation sites excluding steroid dienone is 2. The van der Waals surface area contributed by atoms with Crippen molar-refractivity contribution in [3.8, 4) is 5.75 Å². The Bertz CT molecular complexity index is 821. The van der Waals surface area contributed by atoms with E-state index in [-0.39, 0.29) is 5.56 Å². The lowest BCUT2D eigenvalue weighted by molar-refractivity contribution is 0.460. The standard InChI is InChI=1S/C16H13NO3/c1-2-10(13-14(18)16(20)15(13)19)12-8-7-9-5-3-4-6-11(9)17-12/h3-8,17-18H,2H2,1H3. The van der Waals surface area contributed by atoms with E-state index in [1.54, 1.807) is 0 Å². The maximum atomic E-state index is 11.6. The molecule has 100 valence electrons. The van der Waals surface area contributed by atoms with Crippen molar-refractivity contribution >= 4 is 17.3 Å². The van der Waals surface area contributed by atoms with E-state index >= 15 is 0 Å². The van der Waals surface area contributed by atoms with Gasteiger partial charge in [-0.1, -0.05) is 31.2 Å². The molecule has 3 rings (SSSR count). The van der Waals surface area contributed by atoms with Crippen molar-refractivity contribution in [3.63, 3.8) is 0 Å². The predicted molar refractivity (Wildman–Crippen MR) is 79.3 cm³/mol. The summed E-state index contributed by atoms with van der Waals surface area (Å²) in [6.45, 7) is 1.88. The van der Waals surface area contributed by atoms with Crippen molar-refractivity contribution in [1.82, 2.24) is 0 Å². The maximum absolute atomic E-state index is 11.6. The van der Waals surface area contributed by atoms with Gasteiger partial charge in [-0.25, -0.2) is 0 Å². The molecule has 4 nitrogen and oxygen atoms in total. The third kappa shape index (κ3) is 1.69. The first kappa shape index (κ1) is 12.4. The summed E-state index contributed by atoms with van der Waals surface area (Å²) in [5.74, 6) is -0.423. The minimum atomic E-state index is -0.799. The largest absolute Gasteiger partial charge is 0.503 e. The summed E-state index contributed by atoms with van der Waals surface area (Å²) in [5.41, 5.74) is 2.14. The Labute approximate surface area is 115 Å². The first-order valence-electron chi connectivity index (χ1n) is 6.43. The van der Waals surface area contributed by atoms with Crippen LogP contribution in [0, 0.1) is 0 Å². The van der Waals surface area contributed by atoms with E-state index in [1.165, 1.54) is 0 Å². The van der Waals surface area contributed by atoms with Gasteiger partial charge in [0.15, 0.2) is 5.75 Å². The fourth-order valence-electron chi connectivity index (χ4n) is 2.45. The summed E-state index contributed by atoms with van der Waals surface area (Å²) in [6, 6.07) is 7.79. The lowest BCUT2D eigenvalue weighted by atomic mass is 9.94. The molecule has 0 unspecified atom stereocenters.